The molecule has 5 nitrogen and oxygen atoms in total. The van der Waals surface area contributed by atoms with Crippen LogP contribution in [0.4, 0.5) is 15.9 Å². The largest absolute Gasteiger partial charge is 0.366 e. The standard InChI is InChI=1S/C27H25FN4O/c28-24-8-4-5-9-25(24)31-14-16-32(17-15-31)26-23-18-22(11-10-21(23)12-13-29-26)27(33)30-19-20-6-2-1-3-7-20/h1-13,18H,14-17,19H2,(H,30,33). The number of fused-ring (bicyclic) bond motifs is 1. The van der Waals surface area contributed by atoms with Crippen molar-refractivity contribution in [2.45, 2.75) is 6.54 Å². The number of rotatable bonds is 5. The third-order valence-corrected chi connectivity index (χ3v) is 6.08. The number of hydrogen-bond donors (Lipinski definition) is 1. The summed E-state index contributed by atoms with van der Waals surface area (Å²) in [7, 11) is 0. The van der Waals surface area contributed by atoms with Gasteiger partial charge in [0, 0.05) is 49.9 Å². The van der Waals surface area contributed by atoms with E-state index < -0.39 is 0 Å². The molecule has 1 saturated heterocycles. The van der Waals surface area contributed by atoms with Crippen molar-refractivity contribution in [3.8, 4) is 0 Å². The number of para-hydroxylation sites is 1. The quantitative estimate of drug-likeness (QED) is 0.492. The first kappa shape index (κ1) is 20.9. The third-order valence-electron chi connectivity index (χ3n) is 6.08. The van der Waals surface area contributed by atoms with Gasteiger partial charge in [-0.3, -0.25) is 4.79 Å². The fourth-order valence-corrected chi connectivity index (χ4v) is 4.29. The van der Waals surface area contributed by atoms with Gasteiger partial charge in [-0.15, -0.1) is 0 Å². The molecule has 0 aliphatic carbocycles. The average molecular weight is 441 g/mol. The summed E-state index contributed by atoms with van der Waals surface area (Å²) in [6.45, 7) is 3.35. The highest BCUT2D eigenvalue weighted by Gasteiger charge is 2.22. The van der Waals surface area contributed by atoms with Crippen LogP contribution >= 0.6 is 0 Å². The molecule has 0 bridgehead atoms. The van der Waals surface area contributed by atoms with E-state index in [1.165, 1.54) is 6.07 Å². The first-order valence-corrected chi connectivity index (χ1v) is 11.1. The van der Waals surface area contributed by atoms with E-state index in [-0.39, 0.29) is 11.7 Å². The lowest BCUT2D eigenvalue weighted by molar-refractivity contribution is 0.0951. The number of carbonyl (C=O) groups excluding carboxylic acids is 1. The number of amides is 1. The van der Waals surface area contributed by atoms with Crippen LogP contribution in [0.25, 0.3) is 10.8 Å². The summed E-state index contributed by atoms with van der Waals surface area (Å²) in [5.41, 5.74) is 2.31. The summed E-state index contributed by atoms with van der Waals surface area (Å²) in [5, 5.41) is 4.98. The van der Waals surface area contributed by atoms with Crippen LogP contribution < -0.4 is 15.1 Å². The minimum Gasteiger partial charge on any atom is -0.366 e. The minimum absolute atomic E-state index is 0.111. The van der Waals surface area contributed by atoms with E-state index >= 15 is 0 Å². The molecule has 1 amide bonds. The molecule has 1 aromatic heterocycles. The summed E-state index contributed by atoms with van der Waals surface area (Å²) in [4.78, 5) is 21.7. The van der Waals surface area contributed by atoms with E-state index in [2.05, 4.69) is 20.1 Å². The molecule has 3 aromatic carbocycles. The highest BCUT2D eigenvalue weighted by molar-refractivity contribution is 6.01. The molecule has 0 spiro atoms. The van der Waals surface area contributed by atoms with Crippen molar-refractivity contribution < 1.29 is 9.18 Å². The molecule has 0 unspecified atom stereocenters. The zero-order chi connectivity index (χ0) is 22.6. The van der Waals surface area contributed by atoms with Crippen molar-refractivity contribution in [1.82, 2.24) is 10.3 Å². The van der Waals surface area contributed by atoms with Gasteiger partial charge in [-0.1, -0.05) is 48.5 Å². The number of nitrogens with zero attached hydrogens (tertiary/aromatic N) is 3. The SMILES string of the molecule is O=C(NCc1ccccc1)c1ccc2ccnc(N3CCN(c4ccccc4F)CC3)c2c1. The second kappa shape index (κ2) is 9.28. The lowest BCUT2D eigenvalue weighted by Crippen LogP contribution is -2.47. The lowest BCUT2D eigenvalue weighted by Gasteiger charge is -2.37. The lowest BCUT2D eigenvalue weighted by atomic mass is 10.1. The number of aromatic nitrogens is 1. The molecule has 166 valence electrons. The molecule has 0 saturated carbocycles. The summed E-state index contributed by atoms with van der Waals surface area (Å²) in [6.07, 6.45) is 1.80. The number of anilines is 2. The fourth-order valence-electron chi connectivity index (χ4n) is 4.29. The number of benzene rings is 3. The zero-order valence-electron chi connectivity index (χ0n) is 18.2. The monoisotopic (exact) mass is 440 g/mol. The van der Waals surface area contributed by atoms with Gasteiger partial charge in [0.2, 0.25) is 0 Å². The van der Waals surface area contributed by atoms with E-state index in [9.17, 15) is 9.18 Å². The fraction of sp³-hybridized carbons (Fsp3) is 0.185. The Hall–Kier alpha value is -3.93. The van der Waals surface area contributed by atoms with Crippen LogP contribution in [0.15, 0.2) is 85.1 Å². The molecule has 0 radical (unpaired) electrons. The van der Waals surface area contributed by atoms with E-state index in [0.717, 1.165) is 35.2 Å². The maximum absolute atomic E-state index is 14.2. The van der Waals surface area contributed by atoms with Crippen LogP contribution in [0.5, 0.6) is 0 Å². The highest BCUT2D eigenvalue weighted by atomic mass is 19.1. The second-order valence-corrected chi connectivity index (χ2v) is 8.16. The van der Waals surface area contributed by atoms with Gasteiger partial charge in [-0.2, -0.15) is 0 Å². The first-order valence-electron chi connectivity index (χ1n) is 11.1. The van der Waals surface area contributed by atoms with E-state index in [1.807, 2.05) is 66.7 Å². The smallest absolute Gasteiger partial charge is 0.251 e. The highest BCUT2D eigenvalue weighted by Crippen LogP contribution is 2.28. The Morgan fingerprint density at radius 1 is 0.879 bits per heavy atom. The molecule has 4 aromatic rings. The second-order valence-electron chi connectivity index (χ2n) is 8.16. The van der Waals surface area contributed by atoms with Gasteiger partial charge in [0.15, 0.2) is 0 Å². The molecule has 33 heavy (non-hydrogen) atoms. The van der Waals surface area contributed by atoms with Crippen molar-refractivity contribution in [1.29, 1.82) is 0 Å². The van der Waals surface area contributed by atoms with E-state index in [0.29, 0.717) is 30.9 Å². The summed E-state index contributed by atoms with van der Waals surface area (Å²) in [6, 6.07) is 24.4. The van der Waals surface area contributed by atoms with E-state index in [1.54, 1.807) is 12.3 Å². The van der Waals surface area contributed by atoms with Gasteiger partial charge in [0.25, 0.3) is 5.91 Å². The number of piperazine rings is 1. The Morgan fingerprint density at radius 2 is 1.61 bits per heavy atom. The topological polar surface area (TPSA) is 48.5 Å². The summed E-state index contributed by atoms with van der Waals surface area (Å²) in [5.74, 6) is 0.554. The van der Waals surface area contributed by atoms with Crippen molar-refractivity contribution in [3.63, 3.8) is 0 Å². The van der Waals surface area contributed by atoms with Gasteiger partial charge < -0.3 is 15.1 Å². The van der Waals surface area contributed by atoms with Crippen molar-refractivity contribution >= 4 is 28.2 Å². The average Bonchev–Trinajstić information content (AvgIpc) is 2.88. The van der Waals surface area contributed by atoms with Crippen LogP contribution in [0.1, 0.15) is 15.9 Å². The van der Waals surface area contributed by atoms with E-state index in [4.69, 9.17) is 0 Å². The first-order chi connectivity index (χ1) is 16.2. The van der Waals surface area contributed by atoms with Crippen LogP contribution in [0.3, 0.4) is 0 Å². The van der Waals surface area contributed by atoms with Gasteiger partial charge in [-0.25, -0.2) is 9.37 Å². The summed E-state index contributed by atoms with van der Waals surface area (Å²) < 4.78 is 14.2. The predicted molar refractivity (Wildman–Crippen MR) is 130 cm³/mol. The van der Waals surface area contributed by atoms with Crippen molar-refractivity contribution in [2.75, 3.05) is 36.0 Å². The Bertz CT molecular complexity index is 1270. The molecular weight excluding hydrogens is 415 g/mol. The van der Waals surface area contributed by atoms with Gasteiger partial charge in [0.05, 0.1) is 5.69 Å². The molecule has 0 atom stereocenters. The molecular formula is C27H25FN4O. The number of halogens is 1. The maximum Gasteiger partial charge on any atom is 0.251 e. The predicted octanol–water partition coefficient (Wildman–Crippen LogP) is 4.63. The summed E-state index contributed by atoms with van der Waals surface area (Å²) >= 11 is 0. The van der Waals surface area contributed by atoms with Crippen LogP contribution in [-0.2, 0) is 6.54 Å². The Labute approximate surface area is 192 Å². The number of carbonyl (C=O) groups is 1. The molecule has 1 fully saturated rings. The molecule has 1 aliphatic heterocycles. The van der Waals surface area contributed by atoms with Crippen LogP contribution in [0.2, 0.25) is 0 Å². The number of pyridine rings is 1. The molecule has 1 N–H and O–H groups in total. The van der Waals surface area contributed by atoms with Gasteiger partial charge >= 0.3 is 0 Å². The molecule has 1 aliphatic rings. The number of nitrogens with one attached hydrogen (secondary N) is 1. The third kappa shape index (κ3) is 4.51. The Morgan fingerprint density at radius 3 is 2.39 bits per heavy atom. The maximum atomic E-state index is 14.2. The number of hydrogen-bond acceptors (Lipinski definition) is 4. The van der Waals surface area contributed by atoms with Crippen LogP contribution in [0, 0.1) is 5.82 Å². The van der Waals surface area contributed by atoms with Crippen molar-refractivity contribution in [3.05, 3.63) is 102 Å². The molecule has 2 heterocycles. The zero-order valence-corrected chi connectivity index (χ0v) is 18.2. The Balaban J connectivity index is 1.33. The molecule has 6 heteroatoms. The molecule has 5 rings (SSSR count). The van der Waals surface area contributed by atoms with Crippen molar-refractivity contribution in [2.24, 2.45) is 0 Å². The van der Waals surface area contributed by atoms with Gasteiger partial charge in [-0.05, 0) is 41.3 Å². The van der Waals surface area contributed by atoms with Crippen LogP contribution in [-0.4, -0.2) is 37.1 Å². The normalized spacial score (nSPS) is 13.8. The Kier molecular flexibility index (Phi) is 5.89. The van der Waals surface area contributed by atoms with Gasteiger partial charge in [0.1, 0.15) is 11.6 Å². The minimum atomic E-state index is -0.194.